The van der Waals surface area contributed by atoms with Gasteiger partial charge in [0, 0.05) is 29.2 Å². The summed E-state index contributed by atoms with van der Waals surface area (Å²) < 4.78 is 13.8. The van der Waals surface area contributed by atoms with Crippen LogP contribution in [-0.4, -0.2) is 55.3 Å². The van der Waals surface area contributed by atoms with Gasteiger partial charge in [-0.2, -0.15) is 4.99 Å². The fourth-order valence-corrected chi connectivity index (χ4v) is 4.69. The molecular formula is C24H34ClN3O3S. The third-order valence-corrected chi connectivity index (χ3v) is 6.94. The van der Waals surface area contributed by atoms with E-state index in [0.717, 1.165) is 32.4 Å². The molecule has 1 aromatic heterocycles. The normalized spacial score (nSPS) is 17.3. The molecule has 1 fully saturated rings. The van der Waals surface area contributed by atoms with E-state index in [2.05, 4.69) is 41.4 Å². The molecular weight excluding hydrogens is 446 g/mol. The van der Waals surface area contributed by atoms with Crippen molar-refractivity contribution in [3.63, 3.8) is 0 Å². The number of nitrogens with zero attached hydrogens (tertiary/aromatic N) is 3. The molecule has 0 bridgehead atoms. The SMILES string of the molecule is CN(C)CCCOc1ccc(Cl)cc1C(=O)N=c1sc(C(C)(C)C)cn1C[C@H]1CCCO1. The molecule has 0 radical (unpaired) electrons. The van der Waals surface area contributed by atoms with E-state index >= 15 is 0 Å². The molecule has 2 heterocycles. The van der Waals surface area contributed by atoms with Gasteiger partial charge in [0.25, 0.3) is 5.91 Å². The zero-order valence-corrected chi connectivity index (χ0v) is 21.3. The van der Waals surface area contributed by atoms with E-state index in [1.54, 1.807) is 29.5 Å². The monoisotopic (exact) mass is 479 g/mol. The first-order valence-electron chi connectivity index (χ1n) is 11.1. The number of halogens is 1. The summed E-state index contributed by atoms with van der Waals surface area (Å²) in [7, 11) is 4.05. The number of aromatic nitrogens is 1. The van der Waals surface area contributed by atoms with E-state index in [-0.39, 0.29) is 17.4 Å². The lowest BCUT2D eigenvalue weighted by atomic mass is 9.95. The molecule has 176 valence electrons. The molecule has 32 heavy (non-hydrogen) atoms. The fraction of sp³-hybridized carbons (Fsp3) is 0.583. The van der Waals surface area contributed by atoms with Gasteiger partial charge in [0.15, 0.2) is 4.80 Å². The van der Waals surface area contributed by atoms with Crippen molar-refractivity contribution in [2.45, 2.75) is 58.1 Å². The summed E-state index contributed by atoms with van der Waals surface area (Å²) in [5.41, 5.74) is 0.355. The van der Waals surface area contributed by atoms with E-state index in [4.69, 9.17) is 21.1 Å². The molecule has 0 spiro atoms. The van der Waals surface area contributed by atoms with Crippen molar-refractivity contribution in [1.29, 1.82) is 0 Å². The van der Waals surface area contributed by atoms with E-state index < -0.39 is 0 Å². The molecule has 8 heteroatoms. The summed E-state index contributed by atoms with van der Waals surface area (Å²) >= 11 is 7.75. The van der Waals surface area contributed by atoms with Gasteiger partial charge in [-0.3, -0.25) is 4.79 Å². The first-order chi connectivity index (χ1) is 15.1. The van der Waals surface area contributed by atoms with Crippen LogP contribution in [0, 0.1) is 0 Å². The topological polar surface area (TPSA) is 56.1 Å². The Hall–Kier alpha value is -1.67. The van der Waals surface area contributed by atoms with Crippen molar-refractivity contribution in [3.8, 4) is 5.75 Å². The maximum atomic E-state index is 13.2. The molecule has 1 atom stereocenters. The molecule has 0 unspecified atom stereocenters. The second kappa shape index (κ2) is 11.0. The van der Waals surface area contributed by atoms with Crippen LogP contribution in [0.3, 0.4) is 0 Å². The molecule has 1 aliphatic rings. The summed E-state index contributed by atoms with van der Waals surface area (Å²) in [5.74, 6) is 0.165. The summed E-state index contributed by atoms with van der Waals surface area (Å²) in [4.78, 5) is 21.7. The molecule has 0 saturated carbocycles. The Morgan fingerprint density at radius 1 is 1.38 bits per heavy atom. The number of benzene rings is 1. The van der Waals surface area contributed by atoms with E-state index in [1.807, 2.05) is 14.1 Å². The average Bonchev–Trinajstić information content (AvgIpc) is 3.36. The summed E-state index contributed by atoms with van der Waals surface area (Å²) in [6, 6.07) is 5.12. The predicted molar refractivity (Wildman–Crippen MR) is 130 cm³/mol. The van der Waals surface area contributed by atoms with Crippen molar-refractivity contribution in [1.82, 2.24) is 9.47 Å². The Kier molecular flexibility index (Phi) is 8.55. The average molecular weight is 480 g/mol. The van der Waals surface area contributed by atoms with Gasteiger partial charge in [0.05, 0.1) is 24.8 Å². The molecule has 3 rings (SSSR count). The van der Waals surface area contributed by atoms with E-state index in [0.29, 0.717) is 34.3 Å². The Morgan fingerprint density at radius 3 is 2.81 bits per heavy atom. The maximum Gasteiger partial charge on any atom is 0.283 e. The predicted octanol–water partition coefficient (Wildman–Crippen LogP) is 4.75. The largest absolute Gasteiger partial charge is 0.493 e. The second-order valence-electron chi connectivity index (χ2n) is 9.48. The van der Waals surface area contributed by atoms with Gasteiger partial charge in [0.1, 0.15) is 5.75 Å². The van der Waals surface area contributed by atoms with Gasteiger partial charge in [-0.1, -0.05) is 32.4 Å². The quantitative estimate of drug-likeness (QED) is 0.512. The van der Waals surface area contributed by atoms with Crippen LogP contribution in [0.4, 0.5) is 0 Å². The highest BCUT2D eigenvalue weighted by molar-refractivity contribution is 7.09. The second-order valence-corrected chi connectivity index (χ2v) is 10.9. The van der Waals surface area contributed by atoms with Crippen LogP contribution in [-0.2, 0) is 16.7 Å². The third-order valence-electron chi connectivity index (χ3n) is 5.26. The number of carbonyl (C=O) groups is 1. The third kappa shape index (κ3) is 6.91. The highest BCUT2D eigenvalue weighted by atomic mass is 35.5. The summed E-state index contributed by atoms with van der Waals surface area (Å²) in [5, 5.41) is 0.484. The Balaban J connectivity index is 1.89. The number of rotatable bonds is 8. The van der Waals surface area contributed by atoms with Gasteiger partial charge in [-0.25, -0.2) is 0 Å². The number of hydrogen-bond acceptors (Lipinski definition) is 5. The summed E-state index contributed by atoms with van der Waals surface area (Å²) in [6.07, 6.45) is 5.23. The molecule has 2 aromatic rings. The van der Waals surface area contributed by atoms with Gasteiger partial charge >= 0.3 is 0 Å². The first-order valence-corrected chi connectivity index (χ1v) is 12.3. The fourth-order valence-electron chi connectivity index (χ4n) is 3.46. The van der Waals surface area contributed by atoms with Crippen LogP contribution in [0.25, 0.3) is 0 Å². The Labute approximate surface area is 199 Å². The number of carbonyl (C=O) groups excluding carboxylic acids is 1. The molecule has 1 aromatic carbocycles. The van der Waals surface area contributed by atoms with Crippen LogP contribution < -0.4 is 9.54 Å². The zero-order valence-electron chi connectivity index (χ0n) is 19.7. The highest BCUT2D eigenvalue weighted by Gasteiger charge is 2.22. The van der Waals surface area contributed by atoms with Crippen LogP contribution in [0.1, 0.15) is 55.3 Å². The molecule has 1 saturated heterocycles. The van der Waals surface area contributed by atoms with Crippen molar-refractivity contribution < 1.29 is 14.3 Å². The first kappa shape index (κ1) is 25.0. The Bertz CT molecular complexity index is 985. The molecule has 1 aliphatic heterocycles. The van der Waals surface area contributed by atoms with Crippen molar-refractivity contribution in [2.75, 3.05) is 33.9 Å². The van der Waals surface area contributed by atoms with Crippen molar-refractivity contribution in [2.24, 2.45) is 4.99 Å². The minimum atomic E-state index is -0.349. The smallest absolute Gasteiger partial charge is 0.283 e. The van der Waals surface area contributed by atoms with Gasteiger partial charge in [-0.05, 0) is 57.0 Å². The van der Waals surface area contributed by atoms with Gasteiger partial charge < -0.3 is 18.9 Å². The maximum absolute atomic E-state index is 13.2. The van der Waals surface area contributed by atoms with Crippen LogP contribution in [0.15, 0.2) is 29.4 Å². The van der Waals surface area contributed by atoms with E-state index in [9.17, 15) is 4.79 Å². The lowest BCUT2D eigenvalue weighted by Gasteiger charge is -2.15. The van der Waals surface area contributed by atoms with E-state index in [1.165, 1.54) is 4.88 Å². The minimum absolute atomic E-state index is 0.0312. The van der Waals surface area contributed by atoms with Crippen LogP contribution >= 0.6 is 22.9 Å². The lowest BCUT2D eigenvalue weighted by molar-refractivity contribution is 0.0948. The molecule has 1 amide bonds. The van der Waals surface area contributed by atoms with Crippen molar-refractivity contribution in [3.05, 3.63) is 44.7 Å². The van der Waals surface area contributed by atoms with Crippen LogP contribution in [0.5, 0.6) is 5.75 Å². The number of ether oxygens (including phenoxy) is 2. The zero-order chi connectivity index (χ0) is 23.3. The Morgan fingerprint density at radius 2 is 2.16 bits per heavy atom. The number of amides is 1. The van der Waals surface area contributed by atoms with Crippen molar-refractivity contribution >= 4 is 28.8 Å². The number of hydrogen-bond donors (Lipinski definition) is 0. The molecule has 0 N–H and O–H groups in total. The van der Waals surface area contributed by atoms with Crippen LogP contribution in [0.2, 0.25) is 5.02 Å². The standard InChI is InChI=1S/C24H34ClN3O3S/c1-24(2,3)21-16-28(15-18-8-6-12-30-18)23(32-21)26-22(29)19-14-17(25)9-10-20(19)31-13-7-11-27(4)5/h9-10,14,16,18H,6-8,11-13,15H2,1-5H3/t18-/m1/s1. The lowest BCUT2D eigenvalue weighted by Crippen LogP contribution is -2.23. The number of thiazole rings is 1. The van der Waals surface area contributed by atoms with Gasteiger partial charge in [0.2, 0.25) is 0 Å². The van der Waals surface area contributed by atoms with Gasteiger partial charge in [-0.15, -0.1) is 11.3 Å². The molecule has 0 aliphatic carbocycles. The highest BCUT2D eigenvalue weighted by Crippen LogP contribution is 2.26. The molecule has 6 nitrogen and oxygen atoms in total. The summed E-state index contributed by atoms with van der Waals surface area (Å²) in [6.45, 7) is 9.42. The minimum Gasteiger partial charge on any atom is -0.493 e.